The minimum atomic E-state index is -0.921. The number of carbonyl (C=O) groups excluding carboxylic acids is 1. The van der Waals surface area contributed by atoms with E-state index < -0.39 is 23.2 Å². The van der Waals surface area contributed by atoms with Crippen molar-refractivity contribution in [1.29, 1.82) is 0 Å². The van der Waals surface area contributed by atoms with E-state index in [1.54, 1.807) is 11.9 Å². The summed E-state index contributed by atoms with van der Waals surface area (Å²) < 4.78 is 14.2. The molecule has 1 N–H and O–H groups in total. The number of anilines is 2. The fourth-order valence-corrected chi connectivity index (χ4v) is 4.73. The van der Waals surface area contributed by atoms with Crippen LogP contribution in [0.5, 0.6) is 0 Å². The highest BCUT2D eigenvalue weighted by Gasteiger charge is 2.55. The molecule has 146 valence electrons. The summed E-state index contributed by atoms with van der Waals surface area (Å²) in [4.78, 5) is 37.9. The van der Waals surface area contributed by atoms with Gasteiger partial charge in [-0.25, -0.2) is 9.37 Å². The van der Waals surface area contributed by atoms with Gasteiger partial charge >= 0.3 is 5.97 Å². The smallest absolute Gasteiger partial charge is 0.309 e. The molecular weight excluding hydrogens is 353 g/mol. The van der Waals surface area contributed by atoms with E-state index in [2.05, 4.69) is 9.97 Å². The van der Waals surface area contributed by atoms with Crippen LogP contribution in [-0.2, 0) is 9.59 Å². The Morgan fingerprint density at radius 3 is 2.52 bits per heavy atom. The molecule has 1 aromatic heterocycles. The zero-order valence-electron chi connectivity index (χ0n) is 15.4. The normalized spacial score (nSPS) is 24.9. The number of nitrogens with zero attached hydrogens (tertiary/aromatic N) is 5. The molecule has 1 amide bonds. The Morgan fingerprint density at radius 1 is 1.22 bits per heavy atom. The summed E-state index contributed by atoms with van der Waals surface area (Å²) >= 11 is 0. The molecule has 1 atom stereocenters. The molecular formula is C18H24FN5O3. The average Bonchev–Trinajstić information content (AvgIpc) is 3.27. The Bertz CT molecular complexity index is 759. The van der Waals surface area contributed by atoms with Crippen LogP contribution >= 0.6 is 0 Å². The Morgan fingerprint density at radius 2 is 1.89 bits per heavy atom. The first-order chi connectivity index (χ1) is 12.9. The summed E-state index contributed by atoms with van der Waals surface area (Å²) in [7, 11) is 1.70. The second kappa shape index (κ2) is 6.61. The summed E-state index contributed by atoms with van der Waals surface area (Å²) in [5.74, 6) is -1.34. The molecule has 9 heteroatoms. The molecule has 0 unspecified atom stereocenters. The van der Waals surface area contributed by atoms with E-state index in [1.165, 1.54) is 6.20 Å². The van der Waals surface area contributed by atoms with Crippen LogP contribution in [0.3, 0.4) is 0 Å². The molecule has 3 fully saturated rings. The molecule has 0 aromatic carbocycles. The third-order valence-electron chi connectivity index (χ3n) is 6.40. The lowest BCUT2D eigenvalue weighted by molar-refractivity contribution is -0.145. The highest BCUT2D eigenvalue weighted by molar-refractivity contribution is 5.88. The van der Waals surface area contributed by atoms with E-state index in [-0.39, 0.29) is 12.3 Å². The third kappa shape index (κ3) is 2.89. The van der Waals surface area contributed by atoms with Gasteiger partial charge in [0.15, 0.2) is 11.6 Å². The van der Waals surface area contributed by atoms with Gasteiger partial charge in [0.2, 0.25) is 11.9 Å². The minimum absolute atomic E-state index is 0.0536. The number of amides is 1. The maximum atomic E-state index is 14.2. The van der Waals surface area contributed by atoms with Crippen LogP contribution in [0.2, 0.25) is 0 Å². The molecule has 1 spiro atoms. The number of carboxylic acid groups (broad SMARTS) is 1. The molecule has 3 aliphatic rings. The minimum Gasteiger partial charge on any atom is -0.481 e. The first-order valence-corrected chi connectivity index (χ1v) is 9.44. The molecule has 3 aliphatic heterocycles. The highest BCUT2D eigenvalue weighted by atomic mass is 19.1. The number of likely N-dealkylation sites (tertiary alicyclic amines) is 1. The lowest BCUT2D eigenvalue weighted by Crippen LogP contribution is -2.56. The Kier molecular flexibility index (Phi) is 4.39. The standard InChI is InChI=1S/C18H24FN5O3/c1-22-14(25)10-12(16(26)27)18(22)4-8-24(9-5-18)17-20-11-13(19)15(21-17)23-6-2-3-7-23/h11-12H,2-10H2,1H3,(H,26,27)/t12-/m0/s1. The molecule has 0 radical (unpaired) electrons. The number of hydrogen-bond donors (Lipinski definition) is 1. The van der Waals surface area contributed by atoms with Crippen molar-refractivity contribution < 1.29 is 19.1 Å². The first kappa shape index (κ1) is 17.9. The van der Waals surface area contributed by atoms with Crippen molar-refractivity contribution in [2.24, 2.45) is 5.92 Å². The van der Waals surface area contributed by atoms with Crippen molar-refractivity contribution in [3.63, 3.8) is 0 Å². The van der Waals surface area contributed by atoms with Gasteiger partial charge in [0.25, 0.3) is 0 Å². The van der Waals surface area contributed by atoms with Gasteiger partial charge in [0.05, 0.1) is 17.7 Å². The predicted molar refractivity (Wildman–Crippen MR) is 96.1 cm³/mol. The molecule has 0 bridgehead atoms. The van der Waals surface area contributed by atoms with E-state index in [1.807, 2.05) is 9.80 Å². The van der Waals surface area contributed by atoms with Crippen LogP contribution in [0, 0.1) is 11.7 Å². The van der Waals surface area contributed by atoms with Crippen molar-refractivity contribution in [3.8, 4) is 0 Å². The van der Waals surface area contributed by atoms with E-state index in [9.17, 15) is 19.1 Å². The lowest BCUT2D eigenvalue weighted by atomic mass is 9.77. The lowest BCUT2D eigenvalue weighted by Gasteiger charge is -2.45. The fraction of sp³-hybridized carbons (Fsp3) is 0.667. The summed E-state index contributed by atoms with van der Waals surface area (Å²) in [6, 6.07) is 0. The quantitative estimate of drug-likeness (QED) is 0.844. The van der Waals surface area contributed by atoms with Gasteiger partial charge in [0.1, 0.15) is 0 Å². The number of carbonyl (C=O) groups is 2. The second-order valence-corrected chi connectivity index (χ2v) is 7.67. The number of aromatic nitrogens is 2. The van der Waals surface area contributed by atoms with Crippen molar-refractivity contribution in [3.05, 3.63) is 12.0 Å². The fourth-order valence-electron chi connectivity index (χ4n) is 4.73. The van der Waals surface area contributed by atoms with Crippen LogP contribution in [-0.4, -0.2) is 70.6 Å². The number of hydrogen-bond acceptors (Lipinski definition) is 6. The summed E-state index contributed by atoms with van der Waals surface area (Å²) in [6.07, 6.45) is 4.39. The van der Waals surface area contributed by atoms with Crippen LogP contribution < -0.4 is 9.80 Å². The molecule has 1 aromatic rings. The highest BCUT2D eigenvalue weighted by Crippen LogP contribution is 2.43. The van der Waals surface area contributed by atoms with Crippen LogP contribution in [0.15, 0.2) is 6.20 Å². The monoisotopic (exact) mass is 377 g/mol. The van der Waals surface area contributed by atoms with Gasteiger partial charge in [-0.05, 0) is 25.7 Å². The summed E-state index contributed by atoms with van der Waals surface area (Å²) in [5, 5.41) is 9.57. The zero-order chi connectivity index (χ0) is 19.2. The van der Waals surface area contributed by atoms with Gasteiger partial charge < -0.3 is 19.8 Å². The predicted octanol–water partition coefficient (Wildman–Crippen LogP) is 1.12. The molecule has 0 saturated carbocycles. The van der Waals surface area contributed by atoms with Crippen molar-refractivity contribution in [1.82, 2.24) is 14.9 Å². The average molecular weight is 377 g/mol. The van der Waals surface area contributed by atoms with Crippen molar-refractivity contribution in [2.45, 2.75) is 37.6 Å². The maximum Gasteiger partial charge on any atom is 0.309 e. The van der Waals surface area contributed by atoms with Gasteiger partial charge in [-0.3, -0.25) is 9.59 Å². The molecule has 3 saturated heterocycles. The van der Waals surface area contributed by atoms with E-state index >= 15 is 0 Å². The molecule has 4 heterocycles. The van der Waals surface area contributed by atoms with Gasteiger partial charge in [0, 0.05) is 39.6 Å². The molecule has 4 rings (SSSR count). The van der Waals surface area contributed by atoms with Gasteiger partial charge in [-0.15, -0.1) is 0 Å². The van der Waals surface area contributed by atoms with E-state index in [0.29, 0.717) is 37.7 Å². The Labute approximate surface area is 157 Å². The number of piperidine rings is 1. The first-order valence-electron chi connectivity index (χ1n) is 9.44. The number of aliphatic carboxylic acids is 1. The maximum absolute atomic E-state index is 14.2. The van der Waals surface area contributed by atoms with Crippen LogP contribution in [0.1, 0.15) is 32.1 Å². The Balaban J connectivity index is 1.53. The topological polar surface area (TPSA) is 89.9 Å². The summed E-state index contributed by atoms with van der Waals surface area (Å²) in [5.41, 5.74) is -0.656. The third-order valence-corrected chi connectivity index (χ3v) is 6.40. The van der Waals surface area contributed by atoms with E-state index in [4.69, 9.17) is 0 Å². The molecule has 0 aliphatic carbocycles. The largest absolute Gasteiger partial charge is 0.481 e. The molecule has 8 nitrogen and oxygen atoms in total. The SMILES string of the molecule is CN1C(=O)C[C@@H](C(=O)O)C12CCN(c1ncc(F)c(N3CCCC3)n1)CC2. The number of carboxylic acids is 1. The van der Waals surface area contributed by atoms with Crippen molar-refractivity contribution >= 4 is 23.6 Å². The number of halogens is 1. The van der Waals surface area contributed by atoms with Crippen molar-refractivity contribution in [2.75, 3.05) is 43.0 Å². The molecule has 27 heavy (non-hydrogen) atoms. The van der Waals surface area contributed by atoms with Gasteiger partial charge in [-0.1, -0.05) is 0 Å². The van der Waals surface area contributed by atoms with Gasteiger partial charge in [-0.2, -0.15) is 4.98 Å². The summed E-state index contributed by atoms with van der Waals surface area (Å²) in [6.45, 7) is 2.66. The van der Waals surface area contributed by atoms with Crippen LogP contribution in [0.4, 0.5) is 16.2 Å². The van der Waals surface area contributed by atoms with Crippen LogP contribution in [0.25, 0.3) is 0 Å². The number of rotatable bonds is 3. The zero-order valence-corrected chi connectivity index (χ0v) is 15.4. The van der Waals surface area contributed by atoms with E-state index in [0.717, 1.165) is 25.9 Å². The second-order valence-electron chi connectivity index (χ2n) is 7.67. The Hall–Kier alpha value is -2.45.